The zero-order chi connectivity index (χ0) is 17.7. The van der Waals surface area contributed by atoms with Crippen molar-refractivity contribution in [2.75, 3.05) is 39.9 Å². The van der Waals surface area contributed by atoms with E-state index in [9.17, 15) is 20.0 Å². The number of amides is 1. The summed E-state index contributed by atoms with van der Waals surface area (Å²) in [6.07, 6.45) is 0.850. The predicted octanol–water partition coefficient (Wildman–Crippen LogP) is 1.13. The number of aliphatic hydroxyl groups is 1. The highest BCUT2D eigenvalue weighted by Crippen LogP contribution is 2.26. The van der Waals surface area contributed by atoms with Gasteiger partial charge in [-0.3, -0.25) is 19.8 Å². The van der Waals surface area contributed by atoms with Crippen molar-refractivity contribution < 1.29 is 19.6 Å². The van der Waals surface area contributed by atoms with Crippen molar-refractivity contribution in [1.29, 1.82) is 0 Å². The molecule has 1 heterocycles. The van der Waals surface area contributed by atoms with Gasteiger partial charge in [0.15, 0.2) is 0 Å². The summed E-state index contributed by atoms with van der Waals surface area (Å²) < 4.78 is 5.17. The van der Waals surface area contributed by atoms with Crippen molar-refractivity contribution in [3.8, 4) is 5.75 Å². The highest BCUT2D eigenvalue weighted by molar-refractivity contribution is 5.97. The van der Waals surface area contributed by atoms with Crippen LogP contribution in [0.25, 0.3) is 0 Å². The highest BCUT2D eigenvalue weighted by Gasteiger charge is 2.28. The summed E-state index contributed by atoms with van der Waals surface area (Å²) in [4.78, 5) is 27.0. The summed E-state index contributed by atoms with van der Waals surface area (Å²) in [6, 6.07) is 4.13. The minimum Gasteiger partial charge on any atom is -0.496 e. The summed E-state index contributed by atoms with van der Waals surface area (Å²) in [5.41, 5.74) is 0.0680. The number of carbonyl (C=O) groups is 1. The van der Waals surface area contributed by atoms with E-state index in [0.29, 0.717) is 31.9 Å². The molecule has 1 amide bonds. The van der Waals surface area contributed by atoms with Gasteiger partial charge in [-0.2, -0.15) is 0 Å². The number of methoxy groups -OCH3 is 1. The lowest BCUT2D eigenvalue weighted by atomic mass is 10.1. The van der Waals surface area contributed by atoms with Gasteiger partial charge in [0.25, 0.3) is 11.6 Å². The molecule has 0 aromatic heterocycles. The first-order valence-corrected chi connectivity index (χ1v) is 7.98. The van der Waals surface area contributed by atoms with E-state index < -0.39 is 4.92 Å². The number of ether oxygens (including phenoxy) is 1. The topological polar surface area (TPSA) is 96.2 Å². The average molecular weight is 337 g/mol. The van der Waals surface area contributed by atoms with E-state index in [-0.39, 0.29) is 29.8 Å². The Morgan fingerprint density at radius 1 is 1.38 bits per heavy atom. The number of benzene rings is 1. The fourth-order valence-electron chi connectivity index (χ4n) is 2.94. The Morgan fingerprint density at radius 2 is 2.04 bits per heavy atom. The largest absolute Gasteiger partial charge is 0.496 e. The van der Waals surface area contributed by atoms with E-state index in [1.165, 1.54) is 25.3 Å². The van der Waals surface area contributed by atoms with Gasteiger partial charge in [0.2, 0.25) is 0 Å². The van der Waals surface area contributed by atoms with Crippen molar-refractivity contribution >= 4 is 11.6 Å². The second kappa shape index (κ2) is 8.07. The van der Waals surface area contributed by atoms with Gasteiger partial charge in [0.1, 0.15) is 5.75 Å². The van der Waals surface area contributed by atoms with E-state index in [0.717, 1.165) is 6.42 Å². The standard InChI is InChI=1S/C16H23N3O5/c1-3-12(11-20)17-6-8-18(9-7-17)16(21)14-10-13(19(22)23)4-5-15(14)24-2/h4-5,10,12,20H,3,6-9,11H2,1-2H3/t12-/m0/s1. The van der Waals surface area contributed by atoms with Crippen molar-refractivity contribution in [1.82, 2.24) is 9.80 Å². The maximum atomic E-state index is 12.7. The molecule has 1 aliphatic heterocycles. The lowest BCUT2D eigenvalue weighted by molar-refractivity contribution is -0.384. The third kappa shape index (κ3) is 3.82. The van der Waals surface area contributed by atoms with E-state index in [1.807, 2.05) is 6.92 Å². The van der Waals surface area contributed by atoms with Gasteiger partial charge >= 0.3 is 0 Å². The Morgan fingerprint density at radius 3 is 2.54 bits per heavy atom. The van der Waals surface area contributed by atoms with E-state index in [2.05, 4.69) is 4.90 Å². The molecule has 8 nitrogen and oxygen atoms in total. The molecule has 1 aromatic carbocycles. The van der Waals surface area contributed by atoms with Crippen LogP contribution in [0.4, 0.5) is 5.69 Å². The first-order valence-electron chi connectivity index (χ1n) is 7.98. The van der Waals surface area contributed by atoms with Gasteiger partial charge in [0.05, 0.1) is 24.2 Å². The number of non-ortho nitro benzene ring substituents is 1. The van der Waals surface area contributed by atoms with Gasteiger partial charge in [-0.25, -0.2) is 0 Å². The number of nitro groups is 1. The van der Waals surface area contributed by atoms with Crippen LogP contribution >= 0.6 is 0 Å². The molecule has 1 aliphatic rings. The molecular weight excluding hydrogens is 314 g/mol. The lowest BCUT2D eigenvalue weighted by Gasteiger charge is -2.38. The molecule has 1 N–H and O–H groups in total. The fraction of sp³-hybridized carbons (Fsp3) is 0.562. The monoisotopic (exact) mass is 337 g/mol. The summed E-state index contributed by atoms with van der Waals surface area (Å²) in [5.74, 6) is 0.0575. The predicted molar refractivity (Wildman–Crippen MR) is 88.3 cm³/mol. The van der Waals surface area contributed by atoms with E-state index in [4.69, 9.17) is 4.74 Å². The zero-order valence-electron chi connectivity index (χ0n) is 14.0. The van der Waals surface area contributed by atoms with E-state index >= 15 is 0 Å². The quantitative estimate of drug-likeness (QED) is 0.617. The lowest BCUT2D eigenvalue weighted by Crippen LogP contribution is -2.52. The number of carbonyl (C=O) groups excluding carboxylic acids is 1. The third-order valence-corrected chi connectivity index (χ3v) is 4.42. The van der Waals surface area contributed by atoms with Crippen LogP contribution in [0.2, 0.25) is 0 Å². The van der Waals surface area contributed by atoms with Crippen molar-refractivity contribution in [3.63, 3.8) is 0 Å². The van der Waals surface area contributed by atoms with Crippen molar-refractivity contribution in [2.24, 2.45) is 0 Å². The molecule has 24 heavy (non-hydrogen) atoms. The molecule has 132 valence electrons. The summed E-state index contributed by atoms with van der Waals surface area (Å²) in [7, 11) is 1.43. The second-order valence-electron chi connectivity index (χ2n) is 5.71. The molecule has 1 aromatic rings. The summed E-state index contributed by atoms with van der Waals surface area (Å²) in [6.45, 7) is 4.49. The third-order valence-electron chi connectivity index (χ3n) is 4.42. The molecule has 1 atom stereocenters. The molecule has 8 heteroatoms. The van der Waals surface area contributed by atoms with Gasteiger partial charge in [-0.15, -0.1) is 0 Å². The number of rotatable bonds is 6. The molecule has 1 saturated heterocycles. The number of aliphatic hydroxyl groups excluding tert-OH is 1. The van der Waals surface area contributed by atoms with Crippen LogP contribution in [0.5, 0.6) is 5.75 Å². The van der Waals surface area contributed by atoms with E-state index in [1.54, 1.807) is 4.90 Å². The molecule has 0 unspecified atom stereocenters. The molecule has 0 bridgehead atoms. The molecular formula is C16H23N3O5. The highest BCUT2D eigenvalue weighted by atomic mass is 16.6. The summed E-state index contributed by atoms with van der Waals surface area (Å²) in [5, 5.41) is 20.3. The van der Waals surface area contributed by atoms with Crippen LogP contribution in [0.1, 0.15) is 23.7 Å². The maximum absolute atomic E-state index is 12.7. The first-order chi connectivity index (χ1) is 11.5. The molecule has 0 aliphatic carbocycles. The minimum atomic E-state index is -0.527. The number of hydrogen-bond acceptors (Lipinski definition) is 6. The van der Waals surface area contributed by atoms with Gasteiger partial charge in [-0.1, -0.05) is 6.92 Å². The van der Waals surface area contributed by atoms with Gasteiger partial charge in [0, 0.05) is 44.4 Å². The first kappa shape index (κ1) is 18.2. The molecule has 2 rings (SSSR count). The summed E-state index contributed by atoms with van der Waals surface area (Å²) >= 11 is 0. The van der Waals surface area contributed by atoms with Gasteiger partial charge in [-0.05, 0) is 12.5 Å². The van der Waals surface area contributed by atoms with Crippen LogP contribution in [-0.2, 0) is 0 Å². The van der Waals surface area contributed by atoms with Gasteiger partial charge < -0.3 is 14.7 Å². The number of nitrogens with zero attached hydrogens (tertiary/aromatic N) is 3. The number of nitro benzene ring substituents is 1. The van der Waals surface area contributed by atoms with Crippen LogP contribution in [0.3, 0.4) is 0 Å². The Hall–Kier alpha value is -2.19. The van der Waals surface area contributed by atoms with Crippen molar-refractivity contribution in [3.05, 3.63) is 33.9 Å². The maximum Gasteiger partial charge on any atom is 0.270 e. The molecule has 0 saturated carbocycles. The minimum absolute atomic E-state index is 0.100. The molecule has 1 fully saturated rings. The Labute approximate surface area is 140 Å². The van der Waals surface area contributed by atoms with Crippen LogP contribution in [-0.4, -0.2) is 71.7 Å². The number of hydrogen-bond donors (Lipinski definition) is 1. The number of piperazine rings is 1. The van der Waals surface area contributed by atoms with Crippen LogP contribution in [0.15, 0.2) is 18.2 Å². The zero-order valence-corrected chi connectivity index (χ0v) is 14.0. The molecule has 0 spiro atoms. The van der Waals surface area contributed by atoms with Crippen molar-refractivity contribution in [2.45, 2.75) is 19.4 Å². The van der Waals surface area contributed by atoms with Crippen LogP contribution < -0.4 is 4.74 Å². The average Bonchev–Trinajstić information content (AvgIpc) is 2.62. The second-order valence-corrected chi connectivity index (χ2v) is 5.71. The Balaban J connectivity index is 2.13. The fourth-order valence-corrected chi connectivity index (χ4v) is 2.94. The Bertz CT molecular complexity index is 595. The SMILES string of the molecule is CC[C@@H](CO)N1CCN(C(=O)c2cc([N+](=O)[O-])ccc2OC)CC1. The normalized spacial score (nSPS) is 16.7. The Kier molecular flexibility index (Phi) is 6.10. The smallest absolute Gasteiger partial charge is 0.270 e. The molecule has 0 radical (unpaired) electrons. The van der Waals surface area contributed by atoms with Crippen LogP contribution in [0, 0.1) is 10.1 Å².